The molecule has 1 aliphatic carbocycles. The third-order valence-electron chi connectivity index (χ3n) is 3.94. The molecular weight excluding hydrogens is 352 g/mol. The molecule has 0 aliphatic heterocycles. The van der Waals surface area contributed by atoms with Crippen LogP contribution in [-0.4, -0.2) is 35.1 Å². The van der Waals surface area contributed by atoms with Gasteiger partial charge in [0.1, 0.15) is 6.10 Å². The molecule has 1 N–H and O–H groups in total. The fourth-order valence-electron chi connectivity index (χ4n) is 2.71. The van der Waals surface area contributed by atoms with Crippen LogP contribution in [0.4, 0.5) is 0 Å². The highest BCUT2D eigenvalue weighted by molar-refractivity contribution is 7.89. The van der Waals surface area contributed by atoms with Crippen LogP contribution in [0.3, 0.4) is 0 Å². The first kappa shape index (κ1) is 17.2. The van der Waals surface area contributed by atoms with Crippen molar-refractivity contribution in [3.05, 3.63) is 35.9 Å². The lowest BCUT2D eigenvalue weighted by molar-refractivity contribution is 0.138. The summed E-state index contributed by atoms with van der Waals surface area (Å²) in [4.78, 5) is 8.02. The van der Waals surface area contributed by atoms with E-state index in [0.717, 1.165) is 12.8 Å². The van der Waals surface area contributed by atoms with E-state index in [1.54, 1.807) is 29.9 Å². The summed E-state index contributed by atoms with van der Waals surface area (Å²) in [7, 11) is -1.83. The van der Waals surface area contributed by atoms with Crippen LogP contribution in [0.1, 0.15) is 25.7 Å². The van der Waals surface area contributed by atoms with E-state index in [9.17, 15) is 8.42 Å². The van der Waals surface area contributed by atoms with Crippen LogP contribution in [0.2, 0.25) is 5.02 Å². The molecule has 3 rings (SSSR count). The number of hydrogen-bond acceptors (Lipinski definition) is 5. The van der Waals surface area contributed by atoms with Gasteiger partial charge >= 0.3 is 0 Å². The highest BCUT2D eigenvalue weighted by Gasteiger charge is 2.27. The van der Waals surface area contributed by atoms with Crippen molar-refractivity contribution in [2.24, 2.45) is 7.05 Å². The third kappa shape index (κ3) is 4.25. The summed E-state index contributed by atoms with van der Waals surface area (Å²) in [6, 6.07) is 3.37. The lowest BCUT2D eigenvalue weighted by Gasteiger charge is -2.28. The van der Waals surface area contributed by atoms with Gasteiger partial charge in [0.2, 0.25) is 5.88 Å². The van der Waals surface area contributed by atoms with Gasteiger partial charge in [0.25, 0.3) is 10.0 Å². The fourth-order valence-corrected chi connectivity index (χ4v) is 4.11. The largest absolute Gasteiger partial charge is 0.474 e. The van der Waals surface area contributed by atoms with E-state index in [2.05, 4.69) is 14.7 Å². The summed E-state index contributed by atoms with van der Waals surface area (Å²) in [6.07, 6.45) is 7.49. The normalized spacial score (nSPS) is 21.6. The van der Waals surface area contributed by atoms with E-state index in [4.69, 9.17) is 16.3 Å². The van der Waals surface area contributed by atoms with E-state index in [1.807, 2.05) is 0 Å². The minimum absolute atomic E-state index is 0.0364. The van der Waals surface area contributed by atoms with Crippen molar-refractivity contribution >= 4 is 21.6 Å². The van der Waals surface area contributed by atoms with Gasteiger partial charge in [0.05, 0.1) is 11.3 Å². The second-order valence-corrected chi connectivity index (χ2v) is 8.00. The van der Waals surface area contributed by atoms with E-state index >= 15 is 0 Å². The standard InChI is InChI=1S/C15H19ClN4O3S/c1-20-9-15(18-10-20)24(21,22)19-12-3-5-13(6-4-12)23-14-7-2-11(16)8-17-14/h2,7-10,12-13,19H,3-6H2,1H3. The van der Waals surface area contributed by atoms with Gasteiger partial charge in [-0.2, -0.15) is 0 Å². The molecule has 7 nitrogen and oxygen atoms in total. The summed E-state index contributed by atoms with van der Waals surface area (Å²) in [6.45, 7) is 0. The Morgan fingerprint density at radius 1 is 1.25 bits per heavy atom. The molecule has 1 aliphatic rings. The second-order valence-electron chi connectivity index (χ2n) is 5.90. The number of rotatable bonds is 5. The lowest BCUT2D eigenvalue weighted by Crippen LogP contribution is -2.39. The molecule has 2 aromatic rings. The first-order valence-corrected chi connectivity index (χ1v) is 9.57. The Hall–Kier alpha value is -1.64. The Morgan fingerprint density at radius 2 is 2.00 bits per heavy atom. The van der Waals surface area contributed by atoms with Crippen molar-refractivity contribution in [1.29, 1.82) is 0 Å². The Balaban J connectivity index is 1.52. The highest BCUT2D eigenvalue weighted by atomic mass is 35.5. The van der Waals surface area contributed by atoms with Crippen LogP contribution in [0.25, 0.3) is 0 Å². The molecule has 130 valence electrons. The average molecular weight is 371 g/mol. The second kappa shape index (κ2) is 7.08. The number of pyridine rings is 1. The molecule has 2 aromatic heterocycles. The van der Waals surface area contributed by atoms with Crippen LogP contribution < -0.4 is 9.46 Å². The molecular formula is C15H19ClN4O3S. The Kier molecular flexibility index (Phi) is 5.07. The minimum atomic E-state index is -3.57. The first-order valence-electron chi connectivity index (χ1n) is 7.71. The van der Waals surface area contributed by atoms with E-state index in [0.29, 0.717) is 23.7 Å². The van der Waals surface area contributed by atoms with Gasteiger partial charge in [-0.15, -0.1) is 0 Å². The van der Waals surface area contributed by atoms with Crippen molar-refractivity contribution in [3.8, 4) is 5.88 Å². The average Bonchev–Trinajstić information content (AvgIpc) is 2.99. The third-order valence-corrected chi connectivity index (χ3v) is 5.57. The van der Waals surface area contributed by atoms with Crippen molar-refractivity contribution in [2.75, 3.05) is 0 Å². The number of nitrogens with zero attached hydrogens (tertiary/aromatic N) is 3. The van der Waals surface area contributed by atoms with Gasteiger partial charge in [0.15, 0.2) is 5.03 Å². The van der Waals surface area contributed by atoms with Gasteiger partial charge < -0.3 is 9.30 Å². The molecule has 0 spiro atoms. The SMILES string of the molecule is Cn1cnc(S(=O)(=O)NC2CCC(Oc3ccc(Cl)cn3)CC2)c1. The molecule has 0 aromatic carbocycles. The Morgan fingerprint density at radius 3 is 2.58 bits per heavy atom. The summed E-state index contributed by atoms with van der Waals surface area (Å²) >= 11 is 5.80. The monoisotopic (exact) mass is 370 g/mol. The van der Waals surface area contributed by atoms with Gasteiger partial charge in [0, 0.05) is 31.5 Å². The molecule has 9 heteroatoms. The molecule has 0 amide bonds. The molecule has 0 radical (unpaired) electrons. The number of sulfonamides is 1. The molecule has 0 atom stereocenters. The predicted molar refractivity (Wildman–Crippen MR) is 89.4 cm³/mol. The van der Waals surface area contributed by atoms with Crippen molar-refractivity contribution in [1.82, 2.24) is 19.3 Å². The van der Waals surface area contributed by atoms with Crippen LogP contribution in [0.15, 0.2) is 35.9 Å². The number of aryl methyl sites for hydroxylation is 1. The number of aromatic nitrogens is 3. The van der Waals surface area contributed by atoms with Crippen LogP contribution >= 0.6 is 11.6 Å². The van der Waals surface area contributed by atoms with Gasteiger partial charge in [-0.3, -0.25) is 0 Å². The first-order chi connectivity index (χ1) is 11.4. The van der Waals surface area contributed by atoms with Crippen molar-refractivity contribution in [3.63, 3.8) is 0 Å². The predicted octanol–water partition coefficient (Wildman–Crippen LogP) is 2.14. The fraction of sp³-hybridized carbons (Fsp3) is 0.467. The summed E-state index contributed by atoms with van der Waals surface area (Å²) in [5.74, 6) is 0.539. The maximum absolute atomic E-state index is 12.3. The zero-order valence-corrected chi connectivity index (χ0v) is 14.8. The summed E-state index contributed by atoms with van der Waals surface area (Å²) in [5.41, 5.74) is 0. The van der Waals surface area contributed by atoms with Crippen molar-refractivity contribution in [2.45, 2.75) is 42.9 Å². The Labute approximate surface area is 146 Å². The van der Waals surface area contributed by atoms with E-state index < -0.39 is 10.0 Å². The number of halogens is 1. The zero-order chi connectivity index (χ0) is 17.2. The number of hydrogen-bond donors (Lipinski definition) is 1. The molecule has 24 heavy (non-hydrogen) atoms. The summed E-state index contributed by atoms with van der Waals surface area (Å²) < 4.78 is 34.7. The molecule has 1 fully saturated rings. The maximum atomic E-state index is 12.3. The smallest absolute Gasteiger partial charge is 0.259 e. The van der Waals surface area contributed by atoms with Crippen molar-refractivity contribution < 1.29 is 13.2 Å². The van der Waals surface area contributed by atoms with Gasteiger partial charge in [-0.25, -0.2) is 23.1 Å². The Bertz CT molecular complexity index is 783. The van der Waals surface area contributed by atoms with Gasteiger partial charge in [-0.1, -0.05) is 11.6 Å². The van der Waals surface area contributed by atoms with Crippen LogP contribution in [0.5, 0.6) is 5.88 Å². The number of nitrogens with one attached hydrogen (secondary N) is 1. The van der Waals surface area contributed by atoms with Crippen LogP contribution in [-0.2, 0) is 17.1 Å². The molecule has 1 saturated carbocycles. The van der Waals surface area contributed by atoms with Crippen LogP contribution in [0, 0.1) is 0 Å². The lowest BCUT2D eigenvalue weighted by atomic mass is 9.94. The highest BCUT2D eigenvalue weighted by Crippen LogP contribution is 2.24. The molecule has 0 unspecified atom stereocenters. The maximum Gasteiger partial charge on any atom is 0.259 e. The minimum Gasteiger partial charge on any atom is -0.474 e. The van der Waals surface area contributed by atoms with Gasteiger partial charge in [-0.05, 0) is 31.7 Å². The molecule has 0 saturated heterocycles. The topological polar surface area (TPSA) is 86.1 Å². The molecule has 2 heterocycles. The van der Waals surface area contributed by atoms with E-state index in [1.165, 1.54) is 12.5 Å². The van der Waals surface area contributed by atoms with E-state index in [-0.39, 0.29) is 17.2 Å². The molecule has 0 bridgehead atoms. The quantitative estimate of drug-likeness (QED) is 0.871. The zero-order valence-electron chi connectivity index (χ0n) is 13.2. The number of ether oxygens (including phenoxy) is 1. The summed E-state index contributed by atoms with van der Waals surface area (Å²) in [5, 5.41) is 0.615. The number of imidazole rings is 1.